The molecule has 700 valence electrons. The minimum Gasteiger partial charge on any atom is -0.382 e. The Morgan fingerprint density at radius 3 is 0.851 bits per heavy atom. The maximum absolute atomic E-state index is 14.1. The number of nitrogens with one attached hydrogen (secondary N) is 6. The molecular weight excluding hydrogens is 2010 g/mol. The van der Waals surface area contributed by atoms with E-state index in [2.05, 4.69) is 56.2 Å². The highest BCUT2D eigenvalue weighted by atomic mass is 32.2. The smallest absolute Gasteiger partial charge is 0.382 e. The van der Waals surface area contributed by atoms with E-state index in [1.54, 1.807) is 47.7 Å². The maximum atomic E-state index is 14.1. The molecule has 0 spiro atoms. The van der Waals surface area contributed by atoms with Crippen LogP contribution in [0.4, 0.5) is 110 Å². The Hall–Kier alpha value is -12.7. The van der Waals surface area contributed by atoms with Gasteiger partial charge in [0.25, 0.3) is 0 Å². The van der Waals surface area contributed by atoms with Gasteiger partial charge < -0.3 is 55.3 Å². The lowest BCUT2D eigenvalue weighted by Crippen LogP contribution is -2.18. The average Bonchev–Trinajstić information content (AvgIpc) is 1.24. The molecule has 24 N–H and O–H groups in total. The van der Waals surface area contributed by atoms with Crippen molar-refractivity contribution in [1.29, 1.82) is 0 Å². The fourth-order valence-corrected chi connectivity index (χ4v) is 21.3. The molecule has 0 saturated heterocycles. The summed E-state index contributed by atoms with van der Waals surface area (Å²) in [7, 11) is -17.3. The van der Waals surface area contributed by atoms with Gasteiger partial charge in [-0.1, -0.05) is 68.8 Å². The number of sulfonamides is 5. The van der Waals surface area contributed by atoms with Crippen LogP contribution in [-0.4, -0.2) is 103 Å². The first-order valence-electron chi connectivity index (χ1n) is 37.2. The van der Waals surface area contributed by atoms with Crippen molar-refractivity contribution in [1.82, 2.24) is 29.6 Å². The normalized spacial score (nSPS) is 11.6. The molecule has 0 radical (unpaired) electrons. The van der Waals surface area contributed by atoms with E-state index < -0.39 is 102 Å². The highest BCUT2D eigenvalue weighted by Crippen LogP contribution is 2.41. The van der Waals surface area contributed by atoms with Crippen molar-refractivity contribution in [2.75, 3.05) is 62.3 Å². The molecule has 8 aromatic heterocycles. The number of nitrogens with zero attached hydrogens (tertiary/aromatic N) is 5. The minimum absolute atomic E-state index is 0.0146. The van der Waals surface area contributed by atoms with Gasteiger partial charge in [-0.3, -0.25) is 24.0 Å². The third-order valence-corrected chi connectivity index (χ3v) is 30.9. The number of benzene rings is 7. The van der Waals surface area contributed by atoms with Gasteiger partial charge in [0.2, 0.25) is 79.0 Å². The van der Waals surface area contributed by atoms with Gasteiger partial charge in [-0.05, 0) is 220 Å². The lowest BCUT2D eigenvalue weighted by atomic mass is 10.0. The van der Waals surface area contributed by atoms with Gasteiger partial charge in [0.1, 0.15) is 70.9 Å². The number of halogens is 6. The maximum Gasteiger partial charge on any atom is 0.417 e. The third kappa shape index (κ3) is 25.4. The van der Waals surface area contributed by atoms with Crippen LogP contribution in [0, 0.1) is 45.1 Å². The van der Waals surface area contributed by atoms with Crippen LogP contribution >= 0.6 is 90.7 Å². The van der Waals surface area contributed by atoms with Gasteiger partial charge in [0, 0.05) is 43.8 Å². The van der Waals surface area contributed by atoms with E-state index in [4.69, 9.17) is 49.2 Å². The minimum atomic E-state index is -4.95. The molecule has 0 atom stereocenters. The van der Waals surface area contributed by atoms with E-state index in [1.165, 1.54) is 115 Å². The van der Waals surface area contributed by atoms with Crippen molar-refractivity contribution in [2.45, 2.75) is 58.3 Å². The summed E-state index contributed by atoms with van der Waals surface area (Å²) in [6.45, 7) is 7.59. The molecule has 7 aromatic carbocycles. The monoisotopic (exact) mass is 2080 g/mol. The van der Waals surface area contributed by atoms with Crippen molar-refractivity contribution in [2.24, 2.45) is 20.6 Å². The highest BCUT2D eigenvalue weighted by Gasteiger charge is 2.38. The van der Waals surface area contributed by atoms with Crippen LogP contribution < -0.4 is 80.5 Å². The molecule has 0 aliphatic carbocycles. The van der Waals surface area contributed by atoms with E-state index in [1.807, 2.05) is 56.7 Å². The number of hydrogen-bond acceptors (Lipinski definition) is 38. The number of primary sulfonamides is 4. The summed E-state index contributed by atoms with van der Waals surface area (Å²) in [5.74, 6) is -6.04. The number of ketones is 5. The number of hydrogen-bond donors (Lipinski definition) is 15. The fraction of sp³-hybridized carbons (Fsp3) is 0.0750. The number of aryl methyl sites for hydroxylation is 4. The van der Waals surface area contributed by atoms with Crippen molar-refractivity contribution in [3.05, 3.63) is 281 Å². The molecular formula is C80H70F6N20O15S13. The number of rotatable bonds is 26. The zero-order chi connectivity index (χ0) is 98.2. The molecule has 0 fully saturated rings. The Morgan fingerprint density at radius 2 is 0.597 bits per heavy atom. The standard InChI is InChI=1S/C17H12F4N4O3S2.C16H12F2N4O3S2.2C16H16N4O3S3.C15H14N4O3S3/c18-11-3-1-2-10(17(19,20)21)12(11)13(26)14-15(22)25-16(29-14)24-8-4-6-9(7-5-8)30(23,27)28;17-10-2-1-3-11(18)12(10)13(23)14-15(19)22-16(26-14)21-8-4-6-9(7-5-8)27(20,24)25;1-9-7-8-24-13(9)12(21)14-15(17)20-16(25-14)19-10-3-5-11(6-4-10)26(22,23)18-2;1-8-7-12(9(2)24-8)13(21)14-15(17)20-16(25-14)19-10-3-5-11(6-4-10)26(18,22)23;1-8-6-7-23-12(8)11(20)13-14(16)19-15(24-13)18-9-2-4-10(5-3-9)25(17,21)22/h1-7H,22H2,(H,24,25)(H2,23,27,28);1-7H,19H2,(H,21,22)(H2,20,24,25);3-8,18H,17H2,1-2H3,(H,19,20);3-7H,17H2,1-2H3,(H,19,20)(H2,18,22,23);2-7H,16H2,1H3,(H,18,19)(H2,17,21,22). The van der Waals surface area contributed by atoms with Crippen LogP contribution in [0.2, 0.25) is 0 Å². The molecule has 54 heteroatoms. The summed E-state index contributed by atoms with van der Waals surface area (Å²) in [5.41, 5.74) is 30.9. The van der Waals surface area contributed by atoms with Gasteiger partial charge in [-0.15, -0.1) is 34.0 Å². The summed E-state index contributed by atoms with van der Waals surface area (Å²) >= 11 is 9.18. The Kier molecular flexibility index (Phi) is 31.8. The molecule has 0 bridgehead atoms. The number of thiazole rings is 5. The van der Waals surface area contributed by atoms with Crippen molar-refractivity contribution in [3.8, 4) is 0 Å². The molecule has 134 heavy (non-hydrogen) atoms. The van der Waals surface area contributed by atoms with Crippen molar-refractivity contribution >= 4 is 253 Å². The Balaban J connectivity index is 0.000000161. The average molecular weight is 2080 g/mol. The fourth-order valence-electron chi connectivity index (χ4n) is 11.4. The Labute approximate surface area is 790 Å². The second-order valence-corrected chi connectivity index (χ2v) is 43.8. The first kappa shape index (κ1) is 102. The van der Waals surface area contributed by atoms with Crippen LogP contribution in [0.3, 0.4) is 0 Å². The van der Waals surface area contributed by atoms with E-state index in [-0.39, 0.29) is 90.9 Å². The van der Waals surface area contributed by atoms with E-state index in [9.17, 15) is 92.4 Å². The first-order valence-corrected chi connectivity index (χ1v) is 51.5. The van der Waals surface area contributed by atoms with Gasteiger partial charge in [0.15, 0.2) is 25.7 Å². The van der Waals surface area contributed by atoms with E-state index in [0.29, 0.717) is 91.2 Å². The molecule has 35 nitrogen and oxygen atoms in total. The van der Waals surface area contributed by atoms with Crippen LogP contribution in [0.15, 0.2) is 211 Å². The molecule has 0 aliphatic rings. The predicted octanol–water partition coefficient (Wildman–Crippen LogP) is 14.9. The van der Waals surface area contributed by atoms with Crippen LogP contribution in [0.25, 0.3) is 0 Å². The number of nitrogens with two attached hydrogens (primary N) is 9. The second-order valence-electron chi connectivity index (χ2n) is 27.4. The van der Waals surface area contributed by atoms with Gasteiger partial charge in [-0.25, -0.2) is 105 Å². The summed E-state index contributed by atoms with van der Waals surface area (Å²) in [6.07, 6.45) is -4.95. The number of nitrogen functional groups attached to an aromatic ring is 5. The first-order chi connectivity index (χ1) is 62.8. The lowest BCUT2D eigenvalue weighted by molar-refractivity contribution is -0.138. The zero-order valence-electron chi connectivity index (χ0n) is 69.0. The van der Waals surface area contributed by atoms with Gasteiger partial charge >= 0.3 is 6.18 Å². The molecule has 0 aliphatic heterocycles. The molecule has 8 heterocycles. The number of aromatic nitrogens is 5. The van der Waals surface area contributed by atoms with Crippen LogP contribution in [-0.2, 0) is 56.3 Å². The third-order valence-electron chi connectivity index (χ3n) is 17.9. The predicted molar refractivity (Wildman–Crippen MR) is 510 cm³/mol. The topological polar surface area (TPSA) is 627 Å². The van der Waals surface area contributed by atoms with Crippen molar-refractivity contribution < 1.29 is 92.4 Å². The second kappa shape index (κ2) is 41.8. The number of anilines is 15. The number of alkyl halides is 3. The lowest BCUT2D eigenvalue weighted by Gasteiger charge is -2.12. The Morgan fingerprint density at radius 1 is 0.336 bits per heavy atom. The zero-order valence-corrected chi connectivity index (χ0v) is 79.6. The number of thiophene rings is 3. The van der Waals surface area contributed by atoms with Gasteiger partial charge in [-0.2, -0.15) is 13.2 Å². The van der Waals surface area contributed by atoms with E-state index in [0.717, 1.165) is 96.6 Å². The summed E-state index contributed by atoms with van der Waals surface area (Å²) in [4.78, 5) is 87.2. The summed E-state index contributed by atoms with van der Waals surface area (Å²) < 4.78 is 197. The van der Waals surface area contributed by atoms with Gasteiger partial charge in [0.05, 0.1) is 50.9 Å². The highest BCUT2D eigenvalue weighted by molar-refractivity contribution is 7.90. The Bertz CT molecular complexity index is 7580. The van der Waals surface area contributed by atoms with Crippen LogP contribution in [0.1, 0.15) is 101 Å². The summed E-state index contributed by atoms with van der Waals surface area (Å²) in [5, 5.41) is 40.1. The number of carbonyl (C=O) groups excluding carboxylic acids is 5. The largest absolute Gasteiger partial charge is 0.417 e. The summed E-state index contributed by atoms with van der Waals surface area (Å²) in [6, 6.07) is 39.5. The van der Waals surface area contributed by atoms with Crippen LogP contribution in [0.5, 0.6) is 0 Å². The molecule has 0 unspecified atom stereocenters. The SMILES string of the molecule is CNS(=O)(=O)c1ccc(Nc2nc(N)c(C(=O)c3sccc3C)s2)cc1.Cc1cc(C(=O)c2sc(Nc3ccc(S(N)(=O)=O)cc3)nc2N)c(C)s1.Cc1ccsc1C(=O)c1sc(Nc2ccc(S(N)(=O)=O)cc2)nc1N.Nc1nc(Nc2ccc(S(N)(=O)=O)cc2)sc1C(=O)c1c(F)cccc1C(F)(F)F.Nc1nc(Nc2ccc(S(N)(=O)=O)cc2)sc1C(=O)c1c(F)cccc1F. The molecule has 0 amide bonds. The molecule has 15 rings (SSSR count). The molecule has 15 aromatic rings. The molecule has 0 saturated carbocycles. The number of carbonyl (C=O) groups is 5. The van der Waals surface area contributed by atoms with Crippen molar-refractivity contribution in [3.63, 3.8) is 0 Å². The quantitative estimate of drug-likeness (QED) is 0.0177. The van der Waals surface area contributed by atoms with E-state index >= 15 is 0 Å².